The molecule has 0 amide bonds. The number of hydrogen-bond acceptors (Lipinski definition) is 3. The van der Waals surface area contributed by atoms with Gasteiger partial charge in [-0.15, -0.1) is 0 Å². The zero-order chi connectivity index (χ0) is 16.7. The van der Waals surface area contributed by atoms with Crippen molar-refractivity contribution in [1.29, 1.82) is 0 Å². The Hall–Kier alpha value is -1.96. The lowest BCUT2D eigenvalue weighted by Crippen LogP contribution is -2.24. The first-order valence-corrected chi connectivity index (χ1v) is 9.13. The van der Waals surface area contributed by atoms with Gasteiger partial charge in [0.05, 0.1) is 4.90 Å². The molecule has 0 aromatic heterocycles. The van der Waals surface area contributed by atoms with Crippen LogP contribution in [0.3, 0.4) is 0 Å². The number of benzene rings is 2. The van der Waals surface area contributed by atoms with Gasteiger partial charge in [0.25, 0.3) is 0 Å². The van der Waals surface area contributed by atoms with Crippen LogP contribution in [0.4, 0.5) is 11.4 Å². The summed E-state index contributed by atoms with van der Waals surface area (Å²) in [5.41, 5.74) is 1.60. The van der Waals surface area contributed by atoms with Crippen LogP contribution in [-0.2, 0) is 10.0 Å². The van der Waals surface area contributed by atoms with Gasteiger partial charge in [-0.1, -0.05) is 25.1 Å². The van der Waals surface area contributed by atoms with Gasteiger partial charge in [-0.2, -0.15) is 0 Å². The Bertz CT molecular complexity index is 745. The second kappa shape index (κ2) is 8.05. The van der Waals surface area contributed by atoms with Crippen molar-refractivity contribution < 1.29 is 8.42 Å². The molecule has 0 radical (unpaired) electrons. The van der Waals surface area contributed by atoms with Crippen molar-refractivity contribution in [1.82, 2.24) is 4.72 Å². The Kier molecular flexibility index (Phi) is 6.09. The molecule has 0 heterocycles. The standard InChI is InChI=1S/C16H19N3O2S2/c1-2-12-17-23(20,21)15-10-8-14(9-11-15)19-16(22)18-13-6-4-3-5-7-13/h3-11,17H,2,12H2,1H3,(H2,18,19,22). The monoisotopic (exact) mass is 349 g/mol. The molecule has 5 nitrogen and oxygen atoms in total. The third-order valence-corrected chi connectivity index (χ3v) is 4.68. The summed E-state index contributed by atoms with van der Waals surface area (Å²) in [6.07, 6.45) is 0.748. The predicted octanol–water partition coefficient (Wildman–Crippen LogP) is 3.18. The van der Waals surface area contributed by atoms with Crippen LogP contribution in [0.15, 0.2) is 59.5 Å². The fraction of sp³-hybridized carbons (Fsp3) is 0.188. The van der Waals surface area contributed by atoms with Crippen molar-refractivity contribution in [3.05, 3.63) is 54.6 Å². The number of sulfonamides is 1. The van der Waals surface area contributed by atoms with Gasteiger partial charge in [0.2, 0.25) is 10.0 Å². The Morgan fingerprint density at radius 1 is 0.957 bits per heavy atom. The molecule has 0 saturated carbocycles. The highest BCUT2D eigenvalue weighted by Crippen LogP contribution is 2.14. The molecule has 2 aromatic rings. The first-order valence-electron chi connectivity index (χ1n) is 7.24. The van der Waals surface area contributed by atoms with Crippen LogP contribution >= 0.6 is 12.2 Å². The lowest BCUT2D eigenvalue weighted by Gasteiger charge is -2.11. The lowest BCUT2D eigenvalue weighted by molar-refractivity contribution is 0.581. The number of anilines is 2. The van der Waals surface area contributed by atoms with E-state index >= 15 is 0 Å². The fourth-order valence-corrected chi connectivity index (χ4v) is 3.22. The molecule has 7 heteroatoms. The van der Waals surface area contributed by atoms with E-state index in [1.807, 2.05) is 37.3 Å². The second-order valence-corrected chi connectivity index (χ2v) is 7.04. The van der Waals surface area contributed by atoms with E-state index in [4.69, 9.17) is 12.2 Å². The molecule has 0 atom stereocenters. The highest BCUT2D eigenvalue weighted by molar-refractivity contribution is 7.89. The molecular weight excluding hydrogens is 330 g/mol. The number of para-hydroxylation sites is 1. The van der Waals surface area contributed by atoms with Crippen LogP contribution in [-0.4, -0.2) is 20.1 Å². The molecule has 0 aliphatic heterocycles. The van der Waals surface area contributed by atoms with Gasteiger partial charge in [-0.25, -0.2) is 13.1 Å². The van der Waals surface area contributed by atoms with Gasteiger partial charge in [-0.3, -0.25) is 0 Å². The van der Waals surface area contributed by atoms with Crippen molar-refractivity contribution in [2.24, 2.45) is 0 Å². The Morgan fingerprint density at radius 2 is 1.52 bits per heavy atom. The third-order valence-electron chi connectivity index (χ3n) is 3.00. The summed E-state index contributed by atoms with van der Waals surface area (Å²) in [7, 11) is -3.44. The summed E-state index contributed by atoms with van der Waals surface area (Å²) in [4.78, 5) is 0.235. The predicted molar refractivity (Wildman–Crippen MR) is 98.2 cm³/mol. The number of thiocarbonyl (C=S) groups is 1. The first-order chi connectivity index (χ1) is 11.0. The topological polar surface area (TPSA) is 70.2 Å². The van der Waals surface area contributed by atoms with E-state index in [1.54, 1.807) is 24.3 Å². The molecule has 122 valence electrons. The van der Waals surface area contributed by atoms with E-state index in [0.29, 0.717) is 17.3 Å². The number of nitrogens with one attached hydrogen (secondary N) is 3. The molecule has 0 aliphatic rings. The van der Waals surface area contributed by atoms with Crippen molar-refractivity contribution in [2.45, 2.75) is 18.2 Å². The number of rotatable bonds is 6. The maximum Gasteiger partial charge on any atom is 0.240 e. The van der Waals surface area contributed by atoms with Crippen molar-refractivity contribution in [3.8, 4) is 0 Å². The van der Waals surface area contributed by atoms with Crippen molar-refractivity contribution >= 4 is 38.7 Å². The van der Waals surface area contributed by atoms with Crippen LogP contribution in [0, 0.1) is 0 Å². The Morgan fingerprint density at radius 3 is 2.09 bits per heavy atom. The maximum atomic E-state index is 12.0. The Labute approximate surface area is 142 Å². The third kappa shape index (κ3) is 5.31. The summed E-state index contributed by atoms with van der Waals surface area (Å²) in [5, 5.41) is 6.51. The average molecular weight is 349 g/mol. The molecule has 3 N–H and O–H groups in total. The zero-order valence-electron chi connectivity index (χ0n) is 12.7. The normalized spacial score (nSPS) is 11.0. The molecule has 2 rings (SSSR count). The molecule has 0 fully saturated rings. The number of hydrogen-bond donors (Lipinski definition) is 3. The van der Waals surface area contributed by atoms with Gasteiger partial charge >= 0.3 is 0 Å². The van der Waals surface area contributed by atoms with Crippen LogP contribution in [0.5, 0.6) is 0 Å². The minimum Gasteiger partial charge on any atom is -0.332 e. The molecular formula is C16H19N3O2S2. The molecule has 0 saturated heterocycles. The lowest BCUT2D eigenvalue weighted by atomic mass is 10.3. The van der Waals surface area contributed by atoms with Gasteiger partial charge < -0.3 is 10.6 Å². The molecule has 0 aliphatic carbocycles. The molecule has 23 heavy (non-hydrogen) atoms. The van der Waals surface area contributed by atoms with Gasteiger partial charge in [-0.05, 0) is 55.0 Å². The smallest absolute Gasteiger partial charge is 0.240 e. The van der Waals surface area contributed by atoms with E-state index in [-0.39, 0.29) is 4.90 Å². The van der Waals surface area contributed by atoms with E-state index in [2.05, 4.69) is 15.4 Å². The maximum absolute atomic E-state index is 12.0. The summed E-state index contributed by atoms with van der Waals surface area (Å²) in [6.45, 7) is 2.34. The minimum absolute atomic E-state index is 0.235. The first kappa shape index (κ1) is 17.4. The van der Waals surface area contributed by atoms with Crippen LogP contribution in [0.25, 0.3) is 0 Å². The highest BCUT2D eigenvalue weighted by atomic mass is 32.2. The summed E-state index contributed by atoms with van der Waals surface area (Å²) < 4.78 is 26.5. The SMILES string of the molecule is CCCNS(=O)(=O)c1ccc(NC(=S)Nc2ccccc2)cc1. The minimum atomic E-state index is -3.44. The van der Waals surface area contributed by atoms with Gasteiger partial charge in [0, 0.05) is 17.9 Å². The van der Waals surface area contributed by atoms with E-state index in [1.165, 1.54) is 0 Å². The molecule has 0 unspecified atom stereocenters. The highest BCUT2D eigenvalue weighted by Gasteiger charge is 2.12. The van der Waals surface area contributed by atoms with Crippen LogP contribution < -0.4 is 15.4 Å². The molecule has 2 aromatic carbocycles. The average Bonchev–Trinajstić information content (AvgIpc) is 2.54. The second-order valence-electron chi connectivity index (χ2n) is 4.87. The zero-order valence-corrected chi connectivity index (χ0v) is 14.4. The van der Waals surface area contributed by atoms with Crippen molar-refractivity contribution in [2.75, 3.05) is 17.2 Å². The van der Waals surface area contributed by atoms with Gasteiger partial charge in [0.1, 0.15) is 0 Å². The van der Waals surface area contributed by atoms with E-state index < -0.39 is 10.0 Å². The summed E-state index contributed by atoms with van der Waals surface area (Å²) in [6, 6.07) is 16.0. The molecule has 0 spiro atoms. The van der Waals surface area contributed by atoms with Gasteiger partial charge in [0.15, 0.2) is 5.11 Å². The largest absolute Gasteiger partial charge is 0.332 e. The quantitative estimate of drug-likeness (QED) is 0.699. The molecule has 0 bridgehead atoms. The fourth-order valence-electron chi connectivity index (χ4n) is 1.85. The Balaban J connectivity index is 1.98. The van der Waals surface area contributed by atoms with Crippen LogP contribution in [0.1, 0.15) is 13.3 Å². The summed E-state index contributed by atoms with van der Waals surface area (Å²) in [5.74, 6) is 0. The van der Waals surface area contributed by atoms with E-state index in [0.717, 1.165) is 12.1 Å². The summed E-state index contributed by atoms with van der Waals surface area (Å²) >= 11 is 5.23. The van der Waals surface area contributed by atoms with E-state index in [9.17, 15) is 8.42 Å². The van der Waals surface area contributed by atoms with Crippen molar-refractivity contribution in [3.63, 3.8) is 0 Å². The van der Waals surface area contributed by atoms with Crippen LogP contribution in [0.2, 0.25) is 0 Å².